The predicted molar refractivity (Wildman–Crippen MR) is 104 cm³/mol. The molecule has 1 aromatic heterocycles. The van der Waals surface area contributed by atoms with Gasteiger partial charge in [0.25, 0.3) is 0 Å². The van der Waals surface area contributed by atoms with Gasteiger partial charge in [-0.2, -0.15) is 0 Å². The smallest absolute Gasteiger partial charge is 0.250 e. The molecule has 0 saturated heterocycles. The van der Waals surface area contributed by atoms with E-state index in [1.54, 1.807) is 19.2 Å². The van der Waals surface area contributed by atoms with Crippen molar-refractivity contribution in [3.8, 4) is 0 Å². The molecule has 3 N–H and O–H groups in total. The molecule has 0 aliphatic rings. The van der Waals surface area contributed by atoms with E-state index in [1.165, 1.54) is 18.2 Å². The van der Waals surface area contributed by atoms with Crippen LogP contribution in [0.5, 0.6) is 0 Å². The van der Waals surface area contributed by atoms with Gasteiger partial charge in [0.1, 0.15) is 10.0 Å². The van der Waals surface area contributed by atoms with Crippen LogP contribution in [-0.2, 0) is 16.4 Å². The van der Waals surface area contributed by atoms with Crippen LogP contribution in [0.1, 0.15) is 5.56 Å². The van der Waals surface area contributed by atoms with Crippen LogP contribution in [-0.4, -0.2) is 41.1 Å². The third-order valence-corrected chi connectivity index (χ3v) is 6.53. The normalized spacial score (nSPS) is 12.2. The molecule has 6 nitrogen and oxygen atoms in total. The molecule has 1 heterocycles. The lowest BCUT2D eigenvalue weighted by Gasteiger charge is -2.12. The summed E-state index contributed by atoms with van der Waals surface area (Å²) in [4.78, 5) is 4.06. The highest BCUT2D eigenvalue weighted by Crippen LogP contribution is 2.25. The number of rotatable bonds is 8. The third kappa shape index (κ3) is 6.56. The zero-order valence-corrected chi connectivity index (χ0v) is 16.5. The largest absolute Gasteiger partial charge is 0.356 e. The summed E-state index contributed by atoms with van der Waals surface area (Å²) in [5.41, 5.74) is 0.885. The predicted octanol–water partition coefficient (Wildman–Crippen LogP) is 2.23. The maximum atomic E-state index is 13.1. The number of aliphatic imine (C=N–C) groups is 1. The molecule has 26 heavy (non-hydrogen) atoms. The minimum absolute atomic E-state index is 0.181. The monoisotopic (exact) mass is 418 g/mol. The van der Waals surface area contributed by atoms with E-state index < -0.39 is 10.0 Å². The molecular weight excluding hydrogens is 399 g/mol. The molecule has 0 unspecified atom stereocenters. The van der Waals surface area contributed by atoms with Crippen molar-refractivity contribution < 1.29 is 12.8 Å². The van der Waals surface area contributed by atoms with Crippen LogP contribution in [0.15, 0.2) is 45.6 Å². The van der Waals surface area contributed by atoms with E-state index in [9.17, 15) is 12.8 Å². The van der Waals surface area contributed by atoms with Crippen molar-refractivity contribution in [1.82, 2.24) is 15.4 Å². The molecule has 0 atom stereocenters. The molecule has 2 aromatic rings. The Morgan fingerprint density at radius 3 is 2.62 bits per heavy atom. The number of thiophene rings is 1. The number of hydrogen-bond acceptors (Lipinski definition) is 4. The van der Waals surface area contributed by atoms with Crippen molar-refractivity contribution >= 4 is 38.9 Å². The topological polar surface area (TPSA) is 82.6 Å². The highest BCUT2D eigenvalue weighted by atomic mass is 35.5. The van der Waals surface area contributed by atoms with E-state index in [1.807, 2.05) is 6.07 Å². The molecule has 10 heteroatoms. The number of hydrogen-bond donors (Lipinski definition) is 3. The van der Waals surface area contributed by atoms with Gasteiger partial charge in [-0.05, 0) is 36.2 Å². The van der Waals surface area contributed by atoms with E-state index in [4.69, 9.17) is 11.6 Å². The molecular formula is C16H20ClFN4O2S2. The lowest BCUT2D eigenvalue weighted by atomic mass is 10.1. The van der Waals surface area contributed by atoms with Crippen molar-refractivity contribution in [3.63, 3.8) is 0 Å². The molecule has 0 spiro atoms. The molecule has 2 rings (SSSR count). The fourth-order valence-corrected chi connectivity index (χ4v) is 4.68. The maximum Gasteiger partial charge on any atom is 0.250 e. The van der Waals surface area contributed by atoms with Gasteiger partial charge in [-0.25, -0.2) is 17.5 Å². The minimum atomic E-state index is -3.55. The molecule has 0 fully saturated rings. The van der Waals surface area contributed by atoms with Crippen LogP contribution in [0.2, 0.25) is 4.34 Å². The Morgan fingerprint density at radius 2 is 1.96 bits per heavy atom. The minimum Gasteiger partial charge on any atom is -0.356 e. The Kier molecular flexibility index (Phi) is 7.83. The lowest BCUT2D eigenvalue weighted by Crippen LogP contribution is -2.42. The molecule has 1 aromatic carbocycles. The second kappa shape index (κ2) is 9.86. The Hall–Kier alpha value is -1.68. The summed E-state index contributed by atoms with van der Waals surface area (Å²) < 4.78 is 40.3. The van der Waals surface area contributed by atoms with Crippen molar-refractivity contribution in [1.29, 1.82) is 0 Å². The molecule has 0 aliphatic heterocycles. The van der Waals surface area contributed by atoms with Crippen molar-refractivity contribution in [2.75, 3.05) is 26.7 Å². The fourth-order valence-electron chi connectivity index (χ4n) is 2.12. The lowest BCUT2D eigenvalue weighted by molar-refractivity contribution is 0.582. The Bertz CT molecular complexity index is 855. The Labute approximate surface area is 161 Å². The second-order valence-corrected chi connectivity index (χ2v) is 8.97. The number of halogens is 2. The van der Waals surface area contributed by atoms with E-state index >= 15 is 0 Å². The van der Waals surface area contributed by atoms with Crippen molar-refractivity contribution in [2.24, 2.45) is 4.99 Å². The molecule has 0 radical (unpaired) electrons. The fraction of sp³-hybridized carbons (Fsp3) is 0.312. The average Bonchev–Trinajstić information content (AvgIpc) is 3.04. The van der Waals surface area contributed by atoms with Crippen LogP contribution in [0.25, 0.3) is 0 Å². The number of nitrogens with one attached hydrogen (secondary N) is 3. The number of benzene rings is 1. The Morgan fingerprint density at radius 1 is 1.19 bits per heavy atom. The average molecular weight is 419 g/mol. The van der Waals surface area contributed by atoms with Gasteiger partial charge in [-0.1, -0.05) is 23.7 Å². The summed E-state index contributed by atoms with van der Waals surface area (Å²) in [5, 5.41) is 6.11. The maximum absolute atomic E-state index is 13.1. The standard InChI is InChI=1S/C16H20ClFN4O2S2/c1-19-16(20-8-7-12-3-2-4-13(18)11-12)21-9-10-22-26(23,24)15-6-5-14(17)25-15/h2-6,11,22H,7-10H2,1H3,(H2,19,20,21). The molecule has 0 bridgehead atoms. The molecule has 0 amide bonds. The molecule has 0 saturated carbocycles. The highest BCUT2D eigenvalue weighted by molar-refractivity contribution is 7.91. The van der Waals surface area contributed by atoms with Gasteiger partial charge < -0.3 is 10.6 Å². The summed E-state index contributed by atoms with van der Waals surface area (Å²) in [6.07, 6.45) is 0.643. The van der Waals surface area contributed by atoms with Gasteiger partial charge in [0, 0.05) is 26.7 Å². The molecule has 142 valence electrons. The summed E-state index contributed by atoms with van der Waals surface area (Å²) in [6.45, 7) is 1.13. The van der Waals surface area contributed by atoms with Gasteiger partial charge in [0.15, 0.2) is 5.96 Å². The highest BCUT2D eigenvalue weighted by Gasteiger charge is 2.15. The van der Waals surface area contributed by atoms with E-state index in [0.29, 0.717) is 29.8 Å². The zero-order valence-electron chi connectivity index (χ0n) is 14.1. The number of sulfonamides is 1. The van der Waals surface area contributed by atoms with Gasteiger partial charge in [-0.15, -0.1) is 11.3 Å². The van der Waals surface area contributed by atoms with E-state index in [-0.39, 0.29) is 16.6 Å². The van der Waals surface area contributed by atoms with Gasteiger partial charge in [0.2, 0.25) is 10.0 Å². The van der Waals surface area contributed by atoms with Crippen LogP contribution < -0.4 is 15.4 Å². The summed E-state index contributed by atoms with van der Waals surface area (Å²) in [7, 11) is -1.93. The molecule has 0 aliphatic carbocycles. The Balaban J connectivity index is 1.70. The first-order valence-electron chi connectivity index (χ1n) is 7.84. The summed E-state index contributed by atoms with van der Waals surface area (Å²) >= 11 is 6.76. The number of nitrogens with zero attached hydrogens (tertiary/aromatic N) is 1. The first-order valence-corrected chi connectivity index (χ1v) is 10.5. The van der Waals surface area contributed by atoms with E-state index in [0.717, 1.165) is 16.9 Å². The van der Waals surface area contributed by atoms with Gasteiger partial charge >= 0.3 is 0 Å². The zero-order chi connectivity index (χ0) is 19.0. The van der Waals surface area contributed by atoms with Gasteiger partial charge in [-0.3, -0.25) is 4.99 Å². The van der Waals surface area contributed by atoms with Crippen LogP contribution >= 0.6 is 22.9 Å². The van der Waals surface area contributed by atoms with Crippen molar-refractivity contribution in [2.45, 2.75) is 10.6 Å². The quantitative estimate of drug-likeness (QED) is 0.349. The second-order valence-electron chi connectivity index (χ2n) is 5.26. The van der Waals surface area contributed by atoms with E-state index in [2.05, 4.69) is 20.3 Å². The SMILES string of the molecule is CN=C(NCCNS(=O)(=O)c1ccc(Cl)s1)NCCc1cccc(F)c1. The first-order chi connectivity index (χ1) is 12.4. The summed E-state index contributed by atoms with van der Waals surface area (Å²) in [5.74, 6) is 0.282. The van der Waals surface area contributed by atoms with Crippen LogP contribution in [0.3, 0.4) is 0 Å². The summed E-state index contributed by atoms with van der Waals surface area (Å²) in [6, 6.07) is 9.43. The van der Waals surface area contributed by atoms with Crippen molar-refractivity contribution in [3.05, 3.63) is 52.1 Å². The number of guanidine groups is 1. The van der Waals surface area contributed by atoms with Gasteiger partial charge in [0.05, 0.1) is 4.34 Å². The van der Waals surface area contributed by atoms with Crippen LogP contribution in [0.4, 0.5) is 4.39 Å². The van der Waals surface area contributed by atoms with Crippen LogP contribution in [0, 0.1) is 5.82 Å². The third-order valence-electron chi connectivity index (χ3n) is 3.34. The first kappa shape index (κ1) is 20.6.